The summed E-state index contributed by atoms with van der Waals surface area (Å²) in [6, 6.07) is 28.5. The maximum Gasteiger partial charge on any atom is 0.0264 e. The van der Waals surface area contributed by atoms with Crippen LogP contribution in [0.5, 0.6) is 0 Å². The molecule has 0 aliphatic heterocycles. The summed E-state index contributed by atoms with van der Waals surface area (Å²) in [4.78, 5) is 0. The van der Waals surface area contributed by atoms with Crippen LogP contribution in [-0.4, -0.2) is 0 Å². The lowest BCUT2D eigenvalue weighted by Crippen LogP contribution is -2.68. The zero-order valence-electron chi connectivity index (χ0n) is 31.3. The van der Waals surface area contributed by atoms with Crippen LogP contribution < -0.4 is 0 Å². The van der Waals surface area contributed by atoms with Crippen molar-refractivity contribution in [2.45, 2.75) is 121 Å². The first-order chi connectivity index (χ1) is 25.4. The van der Waals surface area contributed by atoms with Gasteiger partial charge in [-0.05, 0) is 232 Å². The highest BCUT2D eigenvalue weighted by molar-refractivity contribution is 5.53. The Morgan fingerprint density at radius 1 is 0.346 bits per heavy atom. The summed E-state index contributed by atoms with van der Waals surface area (Å²) in [5.74, 6) is 21.4. The third-order valence-electron chi connectivity index (χ3n) is 18.2. The van der Waals surface area contributed by atoms with Crippen LogP contribution in [0.1, 0.15) is 143 Å². The van der Waals surface area contributed by atoms with Gasteiger partial charge >= 0.3 is 0 Å². The molecule has 0 spiro atoms. The van der Waals surface area contributed by atoms with Gasteiger partial charge in [-0.25, -0.2) is 0 Å². The Morgan fingerprint density at radius 3 is 1.19 bits per heavy atom. The molecular weight excluding hydrogens is 625 g/mol. The van der Waals surface area contributed by atoms with Crippen molar-refractivity contribution in [1.29, 1.82) is 0 Å². The summed E-state index contributed by atoms with van der Waals surface area (Å²) in [5.41, 5.74) is 8.89. The fraction of sp³-hybridized carbons (Fsp3) is 0.577. The van der Waals surface area contributed by atoms with Crippen LogP contribution >= 0.6 is 0 Å². The molecule has 12 bridgehead atoms. The number of rotatable bonds is 3. The molecule has 0 N–H and O–H groups in total. The molecule has 4 atom stereocenters. The standard InChI is InChI=1S/C52H56/c1-3-7-36(8-4-1)11-13-38-15-39(14-12-37-9-5-2-6-10-37)22-47(21-38)48-23-43-19-44(24-48)29-50(28-43,34-48)52-32-45-20-46(33-52)31-51(30-45,35-52)49-25-40-16-41(26-49)18-42(17-40)27-49/h1-10,15,21-22,40-46H,16-20,23-35H2. The minimum Gasteiger partial charge on any atom is -0.0622 e. The second kappa shape index (κ2) is 10.9. The first-order valence-electron chi connectivity index (χ1n) is 21.7. The molecule has 0 radical (unpaired) electrons. The quantitative estimate of drug-likeness (QED) is 0.242. The lowest BCUT2D eigenvalue weighted by molar-refractivity contribution is -0.269. The molecule has 3 aromatic rings. The zero-order chi connectivity index (χ0) is 34.2. The molecule has 3 aromatic carbocycles. The van der Waals surface area contributed by atoms with E-state index in [-0.39, 0.29) is 5.41 Å². The fourth-order valence-corrected chi connectivity index (χ4v) is 17.9. The first kappa shape index (κ1) is 31.2. The zero-order valence-corrected chi connectivity index (χ0v) is 31.3. The first-order valence-corrected chi connectivity index (χ1v) is 21.7. The summed E-state index contributed by atoms with van der Waals surface area (Å²) < 4.78 is 0. The van der Waals surface area contributed by atoms with E-state index in [4.69, 9.17) is 0 Å². The molecule has 0 saturated heterocycles. The minimum atomic E-state index is 0.287. The molecule has 0 aromatic heterocycles. The van der Waals surface area contributed by atoms with Gasteiger partial charge in [-0.1, -0.05) is 60.1 Å². The molecule has 0 nitrogen and oxygen atoms in total. The van der Waals surface area contributed by atoms with Crippen molar-refractivity contribution in [3.8, 4) is 23.7 Å². The molecule has 4 unspecified atom stereocenters. The van der Waals surface area contributed by atoms with Crippen LogP contribution in [-0.2, 0) is 5.41 Å². The Labute approximate surface area is 313 Å². The highest BCUT2D eigenvalue weighted by Crippen LogP contribution is 2.83. The molecule has 12 fully saturated rings. The second-order valence-corrected chi connectivity index (χ2v) is 21.3. The number of hydrogen-bond acceptors (Lipinski definition) is 0. The van der Waals surface area contributed by atoms with Crippen LogP contribution in [0.15, 0.2) is 78.9 Å². The number of hydrogen-bond donors (Lipinski definition) is 0. The fourth-order valence-electron chi connectivity index (χ4n) is 17.9. The molecule has 12 aliphatic carbocycles. The van der Waals surface area contributed by atoms with Crippen molar-refractivity contribution < 1.29 is 0 Å². The van der Waals surface area contributed by atoms with Gasteiger partial charge < -0.3 is 0 Å². The van der Waals surface area contributed by atoms with E-state index in [1.807, 2.05) is 0 Å². The van der Waals surface area contributed by atoms with Crippen LogP contribution in [0, 0.1) is 86.8 Å². The van der Waals surface area contributed by atoms with Crippen molar-refractivity contribution in [3.63, 3.8) is 0 Å². The van der Waals surface area contributed by atoms with Crippen molar-refractivity contribution in [3.05, 3.63) is 107 Å². The highest BCUT2D eigenvalue weighted by Gasteiger charge is 2.73. The van der Waals surface area contributed by atoms with Crippen LogP contribution in [0.2, 0.25) is 0 Å². The van der Waals surface area contributed by atoms with Gasteiger partial charge in [-0.3, -0.25) is 0 Å². The molecule has 12 aliphatic rings. The number of benzene rings is 3. The normalized spacial score (nSPS) is 45.3. The third kappa shape index (κ3) is 4.61. The summed E-state index contributed by atoms with van der Waals surface area (Å²) >= 11 is 0. The smallest absolute Gasteiger partial charge is 0.0264 e. The SMILES string of the molecule is C(#Cc1cc(C#Cc2ccccc2)cc(C23CC4CC(C2)CC(C25CC6CC(CC(C78CC9CC(CC(C9)C7)C8)(C6)C2)C5)(C4)C3)c1)c1ccccc1. The van der Waals surface area contributed by atoms with E-state index >= 15 is 0 Å². The molecule has 12 saturated carbocycles. The van der Waals surface area contributed by atoms with Crippen LogP contribution in [0.4, 0.5) is 0 Å². The summed E-state index contributed by atoms with van der Waals surface area (Å²) in [6.45, 7) is 0. The van der Waals surface area contributed by atoms with Crippen molar-refractivity contribution in [2.24, 2.45) is 63.1 Å². The largest absolute Gasteiger partial charge is 0.0622 e. The average Bonchev–Trinajstić information content (AvgIpc) is 3.12. The lowest BCUT2D eigenvalue weighted by atomic mass is 9.27. The van der Waals surface area contributed by atoms with E-state index in [0.29, 0.717) is 21.7 Å². The minimum absolute atomic E-state index is 0.287. The monoisotopic (exact) mass is 680 g/mol. The third-order valence-corrected chi connectivity index (χ3v) is 18.2. The van der Waals surface area contributed by atoms with Crippen molar-refractivity contribution >= 4 is 0 Å². The Balaban J connectivity index is 0.947. The van der Waals surface area contributed by atoms with Gasteiger partial charge in [0.15, 0.2) is 0 Å². The molecule has 52 heavy (non-hydrogen) atoms. The summed E-state index contributed by atoms with van der Waals surface area (Å²) in [6.07, 6.45) is 28.1. The lowest BCUT2D eigenvalue weighted by Gasteiger charge is -2.77. The Hall–Kier alpha value is -3.22. The van der Waals surface area contributed by atoms with Gasteiger partial charge in [0.05, 0.1) is 0 Å². The van der Waals surface area contributed by atoms with Gasteiger partial charge in [0.25, 0.3) is 0 Å². The second-order valence-electron chi connectivity index (χ2n) is 21.3. The van der Waals surface area contributed by atoms with E-state index in [2.05, 4.69) is 103 Å². The van der Waals surface area contributed by atoms with E-state index in [0.717, 1.165) is 63.7 Å². The van der Waals surface area contributed by atoms with Crippen LogP contribution in [0.25, 0.3) is 0 Å². The molecule has 15 rings (SSSR count). The van der Waals surface area contributed by atoms with Gasteiger partial charge in [-0.15, -0.1) is 0 Å². The maximum atomic E-state index is 3.64. The Kier molecular flexibility index (Phi) is 6.55. The van der Waals surface area contributed by atoms with Gasteiger partial charge in [0, 0.05) is 22.3 Å². The highest BCUT2D eigenvalue weighted by atomic mass is 14.8. The van der Waals surface area contributed by atoms with E-state index in [1.165, 1.54) is 25.7 Å². The molecule has 0 heteroatoms. The Morgan fingerprint density at radius 2 is 0.712 bits per heavy atom. The molecule has 0 heterocycles. The Bertz CT molecular complexity index is 1900. The molecule has 0 amide bonds. The van der Waals surface area contributed by atoms with Crippen molar-refractivity contribution in [1.82, 2.24) is 0 Å². The summed E-state index contributed by atoms with van der Waals surface area (Å²) in [5, 5.41) is 0. The predicted octanol–water partition coefficient (Wildman–Crippen LogP) is 12.1. The van der Waals surface area contributed by atoms with E-state index in [9.17, 15) is 0 Å². The summed E-state index contributed by atoms with van der Waals surface area (Å²) in [7, 11) is 0. The van der Waals surface area contributed by atoms with Gasteiger partial charge in [0.2, 0.25) is 0 Å². The van der Waals surface area contributed by atoms with Crippen LogP contribution in [0.3, 0.4) is 0 Å². The van der Waals surface area contributed by atoms with Crippen molar-refractivity contribution in [2.75, 3.05) is 0 Å². The maximum absolute atomic E-state index is 3.64. The average molecular weight is 681 g/mol. The van der Waals surface area contributed by atoms with E-state index in [1.54, 1.807) is 95.5 Å². The van der Waals surface area contributed by atoms with E-state index < -0.39 is 0 Å². The predicted molar refractivity (Wildman–Crippen MR) is 210 cm³/mol. The topological polar surface area (TPSA) is 0 Å². The van der Waals surface area contributed by atoms with Gasteiger partial charge in [0.1, 0.15) is 0 Å². The molecular formula is C52H56. The van der Waals surface area contributed by atoms with Gasteiger partial charge in [-0.2, -0.15) is 0 Å². The molecule has 264 valence electrons.